The van der Waals surface area contributed by atoms with Crippen molar-refractivity contribution in [3.05, 3.63) is 59.1 Å². The van der Waals surface area contributed by atoms with Crippen molar-refractivity contribution >= 4 is 27.6 Å². The zero-order chi connectivity index (χ0) is 18.4. The van der Waals surface area contributed by atoms with Crippen molar-refractivity contribution in [2.75, 3.05) is 27.3 Å². The predicted molar refractivity (Wildman–Crippen MR) is 94.5 cm³/mol. The average Bonchev–Trinajstić information content (AvgIpc) is 2.62. The van der Waals surface area contributed by atoms with Gasteiger partial charge in [-0.2, -0.15) is 4.31 Å². The SMILES string of the molecule is COC(=O)c1ccc(Cl)c(S(=O)(=O)N(C)CCOc2ccccc2)c1. The van der Waals surface area contributed by atoms with Gasteiger partial charge in [-0.15, -0.1) is 0 Å². The lowest BCUT2D eigenvalue weighted by Crippen LogP contribution is -2.31. The number of hydrogen-bond donors (Lipinski definition) is 0. The molecule has 25 heavy (non-hydrogen) atoms. The Morgan fingerprint density at radius 2 is 1.84 bits per heavy atom. The van der Waals surface area contributed by atoms with E-state index in [2.05, 4.69) is 4.74 Å². The van der Waals surface area contributed by atoms with Crippen LogP contribution in [0.5, 0.6) is 5.75 Å². The van der Waals surface area contributed by atoms with E-state index >= 15 is 0 Å². The van der Waals surface area contributed by atoms with E-state index in [4.69, 9.17) is 16.3 Å². The molecule has 0 spiro atoms. The second-order valence-electron chi connectivity index (χ2n) is 5.12. The molecule has 0 heterocycles. The lowest BCUT2D eigenvalue weighted by atomic mass is 10.2. The first kappa shape index (κ1) is 19.2. The van der Waals surface area contributed by atoms with Crippen LogP contribution in [0, 0.1) is 0 Å². The van der Waals surface area contributed by atoms with Crippen LogP contribution in [0.1, 0.15) is 10.4 Å². The molecule has 134 valence electrons. The van der Waals surface area contributed by atoms with Gasteiger partial charge in [-0.05, 0) is 30.3 Å². The number of carbonyl (C=O) groups is 1. The van der Waals surface area contributed by atoms with E-state index in [1.165, 1.54) is 32.4 Å². The molecule has 0 aliphatic carbocycles. The molecule has 0 atom stereocenters. The summed E-state index contributed by atoms with van der Waals surface area (Å²) in [6, 6.07) is 13.1. The van der Waals surface area contributed by atoms with Gasteiger partial charge in [0.1, 0.15) is 17.3 Å². The highest BCUT2D eigenvalue weighted by molar-refractivity contribution is 7.89. The summed E-state index contributed by atoms with van der Waals surface area (Å²) < 4.78 is 36.6. The Labute approximate surface area is 152 Å². The lowest BCUT2D eigenvalue weighted by molar-refractivity contribution is 0.0600. The van der Waals surface area contributed by atoms with Gasteiger partial charge in [0.05, 0.1) is 17.7 Å². The van der Waals surface area contributed by atoms with Crippen molar-refractivity contribution in [1.29, 1.82) is 0 Å². The number of carbonyl (C=O) groups excluding carboxylic acids is 1. The number of likely N-dealkylation sites (N-methyl/N-ethyl adjacent to an activating group) is 1. The number of para-hydroxylation sites is 1. The van der Waals surface area contributed by atoms with E-state index < -0.39 is 16.0 Å². The fraction of sp³-hybridized carbons (Fsp3) is 0.235. The van der Waals surface area contributed by atoms with Gasteiger partial charge in [0.15, 0.2) is 0 Å². The van der Waals surface area contributed by atoms with Crippen LogP contribution < -0.4 is 4.74 Å². The summed E-state index contributed by atoms with van der Waals surface area (Å²) in [5.74, 6) is 0.0159. The fourth-order valence-electron chi connectivity index (χ4n) is 2.04. The Balaban J connectivity index is 2.13. The van der Waals surface area contributed by atoms with Crippen LogP contribution in [0.2, 0.25) is 5.02 Å². The van der Waals surface area contributed by atoms with Gasteiger partial charge < -0.3 is 9.47 Å². The molecule has 0 unspecified atom stereocenters. The number of methoxy groups -OCH3 is 1. The number of nitrogens with zero attached hydrogens (tertiary/aromatic N) is 1. The minimum atomic E-state index is -3.87. The minimum absolute atomic E-state index is 0.0310. The standard InChI is InChI=1S/C17H18ClNO5S/c1-19(10-11-24-14-6-4-3-5-7-14)25(21,22)16-12-13(17(20)23-2)8-9-15(16)18/h3-9,12H,10-11H2,1-2H3. The third kappa shape index (κ3) is 4.72. The van der Waals surface area contributed by atoms with E-state index in [0.717, 1.165) is 4.31 Å². The molecule has 0 aliphatic rings. The summed E-state index contributed by atoms with van der Waals surface area (Å²) in [4.78, 5) is 11.5. The molecule has 8 heteroatoms. The number of halogens is 1. The summed E-state index contributed by atoms with van der Waals surface area (Å²) in [7, 11) is -1.23. The second-order valence-corrected chi connectivity index (χ2v) is 7.55. The number of benzene rings is 2. The summed E-state index contributed by atoms with van der Waals surface area (Å²) >= 11 is 6.01. The van der Waals surface area contributed by atoms with Crippen molar-refractivity contribution in [1.82, 2.24) is 4.31 Å². The molecule has 0 radical (unpaired) electrons. The van der Waals surface area contributed by atoms with Crippen molar-refractivity contribution in [3.63, 3.8) is 0 Å². The largest absolute Gasteiger partial charge is 0.492 e. The Morgan fingerprint density at radius 3 is 2.48 bits per heavy atom. The molecule has 0 fully saturated rings. The molecule has 0 bridgehead atoms. The van der Waals surface area contributed by atoms with Crippen LogP contribution >= 0.6 is 11.6 Å². The summed E-state index contributed by atoms with van der Waals surface area (Å²) in [6.07, 6.45) is 0. The fourth-order valence-corrected chi connectivity index (χ4v) is 3.69. The van der Waals surface area contributed by atoms with Crippen LogP contribution in [0.25, 0.3) is 0 Å². The monoisotopic (exact) mass is 383 g/mol. The Bertz CT molecular complexity index is 839. The van der Waals surface area contributed by atoms with Crippen LogP contribution in [0.4, 0.5) is 0 Å². The van der Waals surface area contributed by atoms with Crippen molar-refractivity contribution < 1.29 is 22.7 Å². The number of hydrogen-bond acceptors (Lipinski definition) is 5. The smallest absolute Gasteiger partial charge is 0.337 e. The molecule has 0 aromatic heterocycles. The maximum atomic E-state index is 12.7. The van der Waals surface area contributed by atoms with E-state index in [9.17, 15) is 13.2 Å². The molecule has 2 aromatic rings. The third-order valence-electron chi connectivity index (χ3n) is 3.46. The molecule has 0 amide bonds. The van der Waals surface area contributed by atoms with Crippen LogP contribution in [-0.4, -0.2) is 46.0 Å². The normalized spacial score (nSPS) is 11.4. The average molecular weight is 384 g/mol. The molecule has 2 rings (SSSR count). The number of sulfonamides is 1. The van der Waals surface area contributed by atoms with E-state index in [1.807, 2.05) is 18.2 Å². The topological polar surface area (TPSA) is 72.9 Å². The maximum Gasteiger partial charge on any atom is 0.337 e. The highest BCUT2D eigenvalue weighted by atomic mass is 35.5. The van der Waals surface area contributed by atoms with Gasteiger partial charge in [-0.1, -0.05) is 29.8 Å². The highest BCUT2D eigenvalue weighted by Crippen LogP contribution is 2.25. The minimum Gasteiger partial charge on any atom is -0.492 e. The number of rotatable bonds is 7. The van der Waals surface area contributed by atoms with E-state index in [-0.39, 0.29) is 28.6 Å². The van der Waals surface area contributed by atoms with Gasteiger partial charge in [-0.25, -0.2) is 13.2 Å². The Kier molecular flexibility index (Phi) is 6.41. The highest BCUT2D eigenvalue weighted by Gasteiger charge is 2.25. The molecule has 2 aromatic carbocycles. The summed E-state index contributed by atoms with van der Waals surface area (Å²) in [5.41, 5.74) is 0.111. The van der Waals surface area contributed by atoms with Gasteiger partial charge in [0.25, 0.3) is 0 Å². The molecular formula is C17H18ClNO5S. The zero-order valence-electron chi connectivity index (χ0n) is 13.8. The van der Waals surface area contributed by atoms with E-state index in [1.54, 1.807) is 12.1 Å². The molecule has 0 saturated heterocycles. The van der Waals surface area contributed by atoms with Gasteiger partial charge in [-0.3, -0.25) is 0 Å². The first-order chi connectivity index (χ1) is 11.9. The van der Waals surface area contributed by atoms with Crippen molar-refractivity contribution in [2.45, 2.75) is 4.90 Å². The predicted octanol–water partition coefficient (Wildman–Crippen LogP) is 2.83. The molecule has 0 aliphatic heterocycles. The van der Waals surface area contributed by atoms with Crippen molar-refractivity contribution in [2.24, 2.45) is 0 Å². The molecule has 0 saturated carbocycles. The van der Waals surface area contributed by atoms with Crippen molar-refractivity contribution in [3.8, 4) is 5.75 Å². The number of esters is 1. The van der Waals surface area contributed by atoms with Crippen LogP contribution in [0.15, 0.2) is 53.4 Å². The van der Waals surface area contributed by atoms with Gasteiger partial charge in [0.2, 0.25) is 10.0 Å². The Hall–Kier alpha value is -2.09. The third-order valence-corrected chi connectivity index (χ3v) is 5.80. The lowest BCUT2D eigenvalue weighted by Gasteiger charge is -2.18. The zero-order valence-corrected chi connectivity index (χ0v) is 15.4. The summed E-state index contributed by atoms with van der Waals surface area (Å²) in [6.45, 7) is 0.296. The van der Waals surface area contributed by atoms with Crippen LogP contribution in [-0.2, 0) is 14.8 Å². The first-order valence-electron chi connectivity index (χ1n) is 7.38. The number of ether oxygens (including phenoxy) is 2. The van der Waals surface area contributed by atoms with Gasteiger partial charge >= 0.3 is 5.97 Å². The molecular weight excluding hydrogens is 366 g/mol. The van der Waals surface area contributed by atoms with Crippen LogP contribution in [0.3, 0.4) is 0 Å². The second kappa shape index (κ2) is 8.33. The molecule has 0 N–H and O–H groups in total. The van der Waals surface area contributed by atoms with E-state index in [0.29, 0.717) is 5.75 Å². The summed E-state index contributed by atoms with van der Waals surface area (Å²) in [5, 5.41) is 0.0310. The molecule has 6 nitrogen and oxygen atoms in total. The Morgan fingerprint density at radius 1 is 1.16 bits per heavy atom. The maximum absolute atomic E-state index is 12.7. The first-order valence-corrected chi connectivity index (χ1v) is 9.20. The quantitative estimate of drug-likeness (QED) is 0.687. The van der Waals surface area contributed by atoms with Gasteiger partial charge in [0, 0.05) is 13.6 Å².